The molecule has 0 saturated carbocycles. The summed E-state index contributed by atoms with van der Waals surface area (Å²) in [6, 6.07) is 22.4. The minimum Gasteiger partial charge on any atom is -0.370 e. The summed E-state index contributed by atoms with van der Waals surface area (Å²) < 4.78 is 31.2. The molecule has 144 valence electrons. The van der Waals surface area contributed by atoms with E-state index in [0.717, 1.165) is 27.8 Å². The smallest absolute Gasteiger partial charge is 0.370 e. The average Bonchev–Trinajstić information content (AvgIpc) is 2.66. The Hall–Kier alpha value is -2.63. The lowest BCUT2D eigenvalue weighted by Crippen LogP contribution is -2.32. The van der Waals surface area contributed by atoms with Gasteiger partial charge in [0.25, 0.3) is 0 Å². The zero-order chi connectivity index (χ0) is 19.9. The molecule has 5 heteroatoms. The van der Waals surface area contributed by atoms with Gasteiger partial charge in [-0.2, -0.15) is 13.1 Å². The van der Waals surface area contributed by atoms with Crippen LogP contribution in [0.5, 0.6) is 5.75 Å². The Morgan fingerprint density at radius 1 is 0.821 bits per heavy atom. The van der Waals surface area contributed by atoms with E-state index in [9.17, 15) is 8.42 Å². The molecule has 1 aliphatic rings. The largest absolute Gasteiger partial charge is 0.382 e. The molecular weight excluding hydrogens is 370 g/mol. The number of rotatable bonds is 2. The van der Waals surface area contributed by atoms with Crippen molar-refractivity contribution in [2.45, 2.75) is 32.7 Å². The van der Waals surface area contributed by atoms with Gasteiger partial charge in [0.2, 0.25) is 0 Å². The standard InChI is InChI=1S/C23H23NO3S/c1-23(2,3)20-13-11-17(12-14-20)16-7-9-18(10-8-16)21-6-4-5-19-15-24-28(25,26)27-22(19)21/h4-14,24H,15H2,1-3H3. The van der Waals surface area contributed by atoms with E-state index in [0.29, 0.717) is 5.75 Å². The van der Waals surface area contributed by atoms with Crippen LogP contribution in [0.15, 0.2) is 66.7 Å². The van der Waals surface area contributed by atoms with Crippen molar-refractivity contribution in [1.82, 2.24) is 4.72 Å². The molecule has 1 N–H and O–H groups in total. The Morgan fingerprint density at radius 3 is 2.00 bits per heavy atom. The van der Waals surface area contributed by atoms with Gasteiger partial charge in [-0.1, -0.05) is 87.5 Å². The Balaban J connectivity index is 1.67. The molecular formula is C23H23NO3S. The third-order valence-corrected chi connectivity index (χ3v) is 5.89. The summed E-state index contributed by atoms with van der Waals surface area (Å²) in [4.78, 5) is 0. The lowest BCUT2D eigenvalue weighted by molar-refractivity contribution is 0.454. The monoisotopic (exact) mass is 393 g/mol. The lowest BCUT2D eigenvalue weighted by atomic mass is 9.86. The van der Waals surface area contributed by atoms with Crippen LogP contribution in [0, 0.1) is 0 Å². The number of hydrogen-bond acceptors (Lipinski definition) is 3. The second kappa shape index (κ2) is 6.76. The van der Waals surface area contributed by atoms with Crippen LogP contribution in [0.3, 0.4) is 0 Å². The van der Waals surface area contributed by atoms with Gasteiger partial charge in [-0.25, -0.2) is 0 Å². The Labute approximate surface area is 166 Å². The van der Waals surface area contributed by atoms with Crippen molar-refractivity contribution < 1.29 is 12.6 Å². The molecule has 1 aliphatic heterocycles. The van der Waals surface area contributed by atoms with Crippen LogP contribution in [0.2, 0.25) is 0 Å². The van der Waals surface area contributed by atoms with E-state index < -0.39 is 10.3 Å². The predicted molar refractivity (Wildman–Crippen MR) is 112 cm³/mol. The maximum absolute atomic E-state index is 11.8. The first-order valence-corrected chi connectivity index (χ1v) is 10.7. The summed E-state index contributed by atoms with van der Waals surface area (Å²) in [5.74, 6) is 0.406. The molecule has 0 bridgehead atoms. The van der Waals surface area contributed by atoms with Gasteiger partial charge in [-0.15, -0.1) is 0 Å². The van der Waals surface area contributed by atoms with E-state index >= 15 is 0 Å². The average molecular weight is 394 g/mol. The number of para-hydroxylation sites is 1. The van der Waals surface area contributed by atoms with Crippen molar-refractivity contribution >= 4 is 10.3 Å². The second-order valence-corrected chi connectivity index (χ2v) is 9.42. The second-order valence-electron chi connectivity index (χ2n) is 8.06. The van der Waals surface area contributed by atoms with Gasteiger partial charge < -0.3 is 4.18 Å². The van der Waals surface area contributed by atoms with Crippen LogP contribution in [0.1, 0.15) is 31.9 Å². The van der Waals surface area contributed by atoms with E-state index in [1.54, 1.807) is 0 Å². The first-order valence-electron chi connectivity index (χ1n) is 9.25. The van der Waals surface area contributed by atoms with E-state index in [1.165, 1.54) is 5.56 Å². The SMILES string of the molecule is CC(C)(C)c1ccc(-c2ccc(-c3cccc4c3OS(=O)(=O)NC4)cc2)cc1. The Morgan fingerprint density at radius 2 is 1.39 bits per heavy atom. The number of fused-ring (bicyclic) bond motifs is 1. The van der Waals surface area contributed by atoms with Gasteiger partial charge >= 0.3 is 10.3 Å². The highest BCUT2D eigenvalue weighted by atomic mass is 32.2. The predicted octanol–water partition coefficient (Wildman–Crippen LogP) is 5.04. The van der Waals surface area contributed by atoms with E-state index in [4.69, 9.17) is 4.18 Å². The van der Waals surface area contributed by atoms with Gasteiger partial charge in [-0.3, -0.25) is 0 Å². The molecule has 0 amide bonds. The van der Waals surface area contributed by atoms with Gasteiger partial charge in [-0.05, 0) is 27.7 Å². The van der Waals surface area contributed by atoms with Crippen molar-refractivity contribution in [2.24, 2.45) is 0 Å². The van der Waals surface area contributed by atoms with Crippen molar-refractivity contribution in [1.29, 1.82) is 0 Å². The molecule has 0 aliphatic carbocycles. The summed E-state index contributed by atoms with van der Waals surface area (Å²) in [7, 11) is -3.74. The zero-order valence-corrected chi connectivity index (χ0v) is 17.0. The van der Waals surface area contributed by atoms with Gasteiger partial charge in [0, 0.05) is 17.7 Å². The van der Waals surface area contributed by atoms with Crippen molar-refractivity contribution in [3.8, 4) is 28.0 Å². The summed E-state index contributed by atoms with van der Waals surface area (Å²) in [6.45, 7) is 6.85. The minimum absolute atomic E-state index is 0.129. The minimum atomic E-state index is -3.74. The van der Waals surface area contributed by atoms with Crippen molar-refractivity contribution in [3.63, 3.8) is 0 Å². The molecule has 4 nitrogen and oxygen atoms in total. The molecule has 1 heterocycles. The first kappa shape index (κ1) is 18.7. The van der Waals surface area contributed by atoms with Crippen LogP contribution in [0.4, 0.5) is 0 Å². The van der Waals surface area contributed by atoms with Gasteiger partial charge in [0.1, 0.15) is 0 Å². The van der Waals surface area contributed by atoms with E-state index in [2.05, 4.69) is 61.9 Å². The van der Waals surface area contributed by atoms with Crippen LogP contribution in [-0.2, 0) is 22.3 Å². The number of benzene rings is 3. The molecule has 0 aromatic heterocycles. The van der Waals surface area contributed by atoms with Crippen LogP contribution < -0.4 is 8.91 Å². The third-order valence-electron chi connectivity index (χ3n) is 5.01. The molecule has 0 atom stereocenters. The third kappa shape index (κ3) is 3.68. The van der Waals surface area contributed by atoms with E-state index in [-0.39, 0.29) is 12.0 Å². The number of hydrogen-bond donors (Lipinski definition) is 1. The fourth-order valence-corrected chi connectivity index (χ4v) is 4.17. The highest BCUT2D eigenvalue weighted by Crippen LogP contribution is 2.37. The highest BCUT2D eigenvalue weighted by molar-refractivity contribution is 7.85. The molecule has 0 spiro atoms. The first-order chi connectivity index (χ1) is 13.2. The molecule has 4 rings (SSSR count). The van der Waals surface area contributed by atoms with Crippen LogP contribution in [-0.4, -0.2) is 8.42 Å². The van der Waals surface area contributed by atoms with Gasteiger partial charge in [0.15, 0.2) is 5.75 Å². The van der Waals surface area contributed by atoms with Crippen LogP contribution >= 0.6 is 0 Å². The topological polar surface area (TPSA) is 55.4 Å². The fourth-order valence-electron chi connectivity index (χ4n) is 3.36. The number of nitrogens with one attached hydrogen (secondary N) is 1. The quantitative estimate of drug-likeness (QED) is 0.663. The molecule has 3 aromatic carbocycles. The summed E-state index contributed by atoms with van der Waals surface area (Å²) in [5, 5.41) is 0. The summed E-state index contributed by atoms with van der Waals surface area (Å²) >= 11 is 0. The van der Waals surface area contributed by atoms with Crippen molar-refractivity contribution in [3.05, 3.63) is 77.9 Å². The maximum Gasteiger partial charge on any atom is 0.382 e. The Kier molecular flexibility index (Phi) is 4.52. The Bertz CT molecular complexity index is 1110. The normalized spacial score (nSPS) is 15.5. The van der Waals surface area contributed by atoms with Crippen LogP contribution in [0.25, 0.3) is 22.3 Å². The molecule has 28 heavy (non-hydrogen) atoms. The molecule has 3 aromatic rings. The molecule has 0 saturated heterocycles. The molecule has 0 unspecified atom stereocenters. The maximum atomic E-state index is 11.8. The van der Waals surface area contributed by atoms with E-state index in [1.807, 2.05) is 30.3 Å². The highest BCUT2D eigenvalue weighted by Gasteiger charge is 2.24. The molecule has 0 fully saturated rings. The van der Waals surface area contributed by atoms with Gasteiger partial charge in [0.05, 0.1) is 0 Å². The lowest BCUT2D eigenvalue weighted by Gasteiger charge is -2.20. The molecule has 0 radical (unpaired) electrons. The van der Waals surface area contributed by atoms with Crippen molar-refractivity contribution in [2.75, 3.05) is 0 Å². The fraction of sp³-hybridized carbons (Fsp3) is 0.217. The summed E-state index contributed by atoms with van der Waals surface area (Å²) in [6.07, 6.45) is 0. The summed E-state index contributed by atoms with van der Waals surface area (Å²) in [5.41, 5.74) is 6.22. The zero-order valence-electron chi connectivity index (χ0n) is 16.2.